The molecule has 0 saturated carbocycles. The van der Waals surface area contributed by atoms with Crippen LogP contribution in [0.15, 0.2) is 51.7 Å². The fourth-order valence-electron chi connectivity index (χ4n) is 3.08. The lowest BCUT2D eigenvalue weighted by atomic mass is 10.1. The molecule has 184 valence electrons. The maximum Gasteiger partial charge on any atom is 0.425 e. The molecule has 3 amide bonds. The van der Waals surface area contributed by atoms with Crippen LogP contribution in [0.2, 0.25) is 0 Å². The standard InChI is InChI=1S/C21H16Br2F3N5O4/c1-10-6-11(22)7-13(18(32)29-30-20(34)35-2)16(10)28-19(33)15-8-12(23)9-31(15)17-14(21(24,25)26)4-3-5-27-17/h3-9H,1-2H3,(H,28,33)(H,29,32)(H,30,34). The first-order valence-corrected chi connectivity index (χ1v) is 11.2. The van der Waals surface area contributed by atoms with Crippen molar-refractivity contribution in [1.82, 2.24) is 20.4 Å². The topological polar surface area (TPSA) is 114 Å². The third-order valence-electron chi connectivity index (χ3n) is 4.59. The van der Waals surface area contributed by atoms with Crippen LogP contribution >= 0.6 is 31.9 Å². The summed E-state index contributed by atoms with van der Waals surface area (Å²) in [6.07, 6.45) is -3.19. The molecule has 0 atom stereocenters. The van der Waals surface area contributed by atoms with Gasteiger partial charge in [-0.15, -0.1) is 0 Å². The fourth-order valence-corrected chi connectivity index (χ4v) is 4.08. The molecule has 1 aromatic carbocycles. The molecule has 0 spiro atoms. The fraction of sp³-hybridized carbons (Fsp3) is 0.143. The summed E-state index contributed by atoms with van der Waals surface area (Å²) in [6.45, 7) is 1.61. The molecule has 14 heteroatoms. The lowest BCUT2D eigenvalue weighted by molar-refractivity contribution is -0.137. The Balaban J connectivity index is 2.02. The van der Waals surface area contributed by atoms with Gasteiger partial charge in [0.05, 0.1) is 23.9 Å². The van der Waals surface area contributed by atoms with Crippen LogP contribution in [0.5, 0.6) is 0 Å². The molecule has 0 aliphatic heterocycles. The van der Waals surface area contributed by atoms with Gasteiger partial charge in [-0.3, -0.25) is 19.6 Å². The second-order valence-electron chi connectivity index (χ2n) is 6.96. The summed E-state index contributed by atoms with van der Waals surface area (Å²) >= 11 is 6.44. The Morgan fingerprint density at radius 1 is 1.06 bits per heavy atom. The van der Waals surface area contributed by atoms with Gasteiger partial charge >= 0.3 is 12.3 Å². The monoisotopic (exact) mass is 617 g/mol. The molecule has 0 aliphatic carbocycles. The molecular formula is C21H16Br2F3N5O4. The average Bonchev–Trinajstić information content (AvgIpc) is 3.19. The molecule has 35 heavy (non-hydrogen) atoms. The molecule has 0 fully saturated rings. The van der Waals surface area contributed by atoms with Crippen molar-refractivity contribution in [2.24, 2.45) is 0 Å². The number of aryl methyl sites for hydroxylation is 1. The van der Waals surface area contributed by atoms with E-state index in [1.807, 2.05) is 5.43 Å². The molecule has 2 aromatic heterocycles. The minimum atomic E-state index is -4.71. The number of hydrogen-bond donors (Lipinski definition) is 3. The highest BCUT2D eigenvalue weighted by molar-refractivity contribution is 9.10. The van der Waals surface area contributed by atoms with Crippen LogP contribution in [0.4, 0.5) is 23.7 Å². The molecule has 3 aromatic rings. The third-order valence-corrected chi connectivity index (χ3v) is 5.48. The molecule has 9 nitrogen and oxygen atoms in total. The average molecular weight is 619 g/mol. The Kier molecular flexibility index (Phi) is 7.85. The van der Waals surface area contributed by atoms with Crippen molar-refractivity contribution in [3.05, 3.63) is 74.1 Å². The number of alkyl halides is 3. The number of aromatic nitrogens is 2. The van der Waals surface area contributed by atoms with Crippen LogP contribution in [-0.4, -0.2) is 34.6 Å². The Morgan fingerprint density at radius 3 is 2.43 bits per heavy atom. The number of amides is 3. The summed E-state index contributed by atoms with van der Waals surface area (Å²) in [7, 11) is 1.11. The molecular weight excluding hydrogens is 603 g/mol. The number of ether oxygens (including phenoxy) is 1. The van der Waals surface area contributed by atoms with E-state index in [9.17, 15) is 27.6 Å². The van der Waals surface area contributed by atoms with Gasteiger partial charge in [0, 0.05) is 21.3 Å². The van der Waals surface area contributed by atoms with E-state index in [1.54, 1.807) is 13.0 Å². The van der Waals surface area contributed by atoms with Crippen LogP contribution in [0, 0.1) is 6.92 Å². The first kappa shape index (κ1) is 26.2. The maximum atomic E-state index is 13.6. The van der Waals surface area contributed by atoms with E-state index in [-0.39, 0.29) is 16.9 Å². The number of hydrogen-bond acceptors (Lipinski definition) is 5. The van der Waals surface area contributed by atoms with Crippen LogP contribution in [0.3, 0.4) is 0 Å². The van der Waals surface area contributed by atoms with Crippen LogP contribution in [0.1, 0.15) is 32.0 Å². The van der Waals surface area contributed by atoms with Gasteiger partial charge in [0.25, 0.3) is 11.8 Å². The maximum absolute atomic E-state index is 13.6. The van der Waals surface area contributed by atoms with E-state index in [0.717, 1.165) is 23.8 Å². The van der Waals surface area contributed by atoms with Gasteiger partial charge in [0.1, 0.15) is 11.5 Å². The second kappa shape index (κ2) is 10.5. The highest BCUT2D eigenvalue weighted by atomic mass is 79.9. The van der Waals surface area contributed by atoms with Crippen molar-refractivity contribution >= 4 is 55.5 Å². The molecule has 0 bridgehead atoms. The summed E-state index contributed by atoms with van der Waals surface area (Å²) in [6, 6.07) is 6.33. The lowest BCUT2D eigenvalue weighted by Crippen LogP contribution is -2.41. The third kappa shape index (κ3) is 6.00. The number of pyridine rings is 1. The zero-order valence-electron chi connectivity index (χ0n) is 18.0. The summed E-state index contributed by atoms with van der Waals surface area (Å²) in [5.74, 6) is -2.09. The predicted octanol–water partition coefficient (Wildman–Crippen LogP) is 4.98. The smallest absolute Gasteiger partial charge is 0.425 e. The molecule has 0 aliphatic rings. The molecule has 3 N–H and O–H groups in total. The van der Waals surface area contributed by atoms with E-state index in [1.165, 1.54) is 24.5 Å². The van der Waals surface area contributed by atoms with Crippen molar-refractivity contribution in [1.29, 1.82) is 0 Å². The van der Waals surface area contributed by atoms with Crippen LogP contribution < -0.4 is 16.2 Å². The number of carbonyl (C=O) groups is 3. The van der Waals surface area contributed by atoms with E-state index in [0.29, 0.717) is 14.5 Å². The van der Waals surface area contributed by atoms with Crippen LogP contribution in [0.25, 0.3) is 5.82 Å². The van der Waals surface area contributed by atoms with E-state index in [4.69, 9.17) is 0 Å². The van der Waals surface area contributed by atoms with Crippen molar-refractivity contribution < 1.29 is 32.3 Å². The van der Waals surface area contributed by atoms with E-state index < -0.39 is 35.5 Å². The van der Waals surface area contributed by atoms with Crippen molar-refractivity contribution in [2.45, 2.75) is 13.1 Å². The van der Waals surface area contributed by atoms with Crippen molar-refractivity contribution in [3.63, 3.8) is 0 Å². The summed E-state index contributed by atoms with van der Waals surface area (Å²) in [4.78, 5) is 41.0. The van der Waals surface area contributed by atoms with Crippen LogP contribution in [-0.2, 0) is 10.9 Å². The Hall–Kier alpha value is -3.39. The van der Waals surface area contributed by atoms with Gasteiger partial charge in [0.2, 0.25) is 0 Å². The first-order valence-electron chi connectivity index (χ1n) is 9.58. The van der Waals surface area contributed by atoms with Crippen molar-refractivity contribution in [2.75, 3.05) is 12.4 Å². The molecule has 0 saturated heterocycles. The second-order valence-corrected chi connectivity index (χ2v) is 8.79. The number of carbonyl (C=O) groups excluding carboxylic acids is 3. The summed E-state index contributed by atoms with van der Waals surface area (Å²) in [5.41, 5.74) is 3.45. The normalized spacial score (nSPS) is 11.1. The number of methoxy groups -OCH3 is 1. The van der Waals surface area contributed by atoms with E-state index >= 15 is 0 Å². The number of rotatable bonds is 4. The van der Waals surface area contributed by atoms with Gasteiger partial charge in [-0.1, -0.05) is 15.9 Å². The van der Waals surface area contributed by atoms with E-state index in [2.05, 4.69) is 52.3 Å². The molecule has 3 rings (SSSR count). The predicted molar refractivity (Wildman–Crippen MR) is 126 cm³/mol. The Bertz CT molecular complexity index is 1310. The number of anilines is 1. The summed E-state index contributed by atoms with van der Waals surface area (Å²) in [5, 5.41) is 2.57. The zero-order chi connectivity index (χ0) is 25.9. The number of nitrogens with zero attached hydrogens (tertiary/aromatic N) is 2. The number of nitrogens with one attached hydrogen (secondary N) is 3. The minimum Gasteiger partial charge on any atom is -0.452 e. The highest BCUT2D eigenvalue weighted by Gasteiger charge is 2.35. The molecule has 0 unspecified atom stereocenters. The Labute approximate surface area is 213 Å². The Morgan fingerprint density at radius 2 is 1.77 bits per heavy atom. The highest BCUT2D eigenvalue weighted by Crippen LogP contribution is 2.34. The summed E-state index contributed by atoms with van der Waals surface area (Å²) < 4.78 is 46.9. The quantitative estimate of drug-likeness (QED) is 0.357. The number of benzene rings is 1. The van der Waals surface area contributed by atoms with Gasteiger partial charge in [-0.25, -0.2) is 15.2 Å². The van der Waals surface area contributed by atoms with Gasteiger partial charge < -0.3 is 10.1 Å². The minimum absolute atomic E-state index is 0.0346. The largest absolute Gasteiger partial charge is 0.452 e. The molecule has 0 radical (unpaired) electrons. The number of hydrazine groups is 1. The lowest BCUT2D eigenvalue weighted by Gasteiger charge is -2.17. The molecule has 2 heterocycles. The zero-order valence-corrected chi connectivity index (χ0v) is 21.1. The first-order chi connectivity index (χ1) is 16.4. The van der Waals surface area contributed by atoms with Gasteiger partial charge in [0.15, 0.2) is 0 Å². The van der Waals surface area contributed by atoms with Crippen molar-refractivity contribution in [3.8, 4) is 5.82 Å². The van der Waals surface area contributed by atoms with Gasteiger partial charge in [-0.2, -0.15) is 13.2 Å². The SMILES string of the molecule is COC(=O)NNC(=O)c1cc(Br)cc(C)c1NC(=O)c1cc(Br)cn1-c1ncccc1C(F)(F)F. The number of halogens is 5. The van der Waals surface area contributed by atoms with Gasteiger partial charge in [-0.05, 0) is 58.7 Å².